The van der Waals surface area contributed by atoms with Gasteiger partial charge in [0.15, 0.2) is 0 Å². The number of piperazine rings is 1. The predicted molar refractivity (Wildman–Crippen MR) is 140 cm³/mol. The van der Waals surface area contributed by atoms with Gasteiger partial charge in [-0.2, -0.15) is 17.5 Å². The zero-order valence-electron chi connectivity index (χ0n) is 20.2. The lowest BCUT2D eigenvalue weighted by Gasteiger charge is -2.35. The van der Waals surface area contributed by atoms with Crippen LogP contribution in [-0.4, -0.2) is 80.7 Å². The SMILES string of the molecule is CS(=O)(=O)N1CCN(C(=O)N2C[C@@H](COc3ccc(C(F)(F)F)cc3Cl)[C@@H](c3ccc(Cl)c(Cl)c3)C2)CC1. The number of halogens is 6. The lowest BCUT2D eigenvalue weighted by atomic mass is 9.89. The van der Waals surface area contributed by atoms with Gasteiger partial charge < -0.3 is 14.5 Å². The number of likely N-dealkylation sites (tertiary alicyclic amines) is 1. The molecule has 0 aromatic heterocycles. The fourth-order valence-electron chi connectivity index (χ4n) is 4.72. The number of ether oxygens (including phenoxy) is 1. The molecule has 208 valence electrons. The number of nitrogens with zero attached hydrogens (tertiary/aromatic N) is 3. The molecular weight excluding hydrogens is 590 g/mol. The number of benzene rings is 2. The molecule has 0 N–H and O–H groups in total. The molecule has 2 aromatic carbocycles. The smallest absolute Gasteiger partial charge is 0.416 e. The molecule has 0 bridgehead atoms. The van der Waals surface area contributed by atoms with Gasteiger partial charge in [0.05, 0.1) is 33.5 Å². The molecular formula is C24H25Cl3F3N3O4S. The van der Waals surface area contributed by atoms with Gasteiger partial charge in [-0.3, -0.25) is 0 Å². The van der Waals surface area contributed by atoms with E-state index in [9.17, 15) is 26.4 Å². The first kappa shape index (κ1) is 29.1. The molecule has 2 atom stereocenters. The van der Waals surface area contributed by atoms with Crippen molar-refractivity contribution in [3.05, 3.63) is 62.6 Å². The van der Waals surface area contributed by atoms with E-state index in [0.29, 0.717) is 23.1 Å². The van der Waals surface area contributed by atoms with Gasteiger partial charge in [-0.1, -0.05) is 40.9 Å². The van der Waals surface area contributed by atoms with Gasteiger partial charge in [0, 0.05) is 51.1 Å². The van der Waals surface area contributed by atoms with Crippen LogP contribution in [-0.2, 0) is 16.2 Å². The highest BCUT2D eigenvalue weighted by Gasteiger charge is 2.39. The first-order valence-corrected chi connectivity index (χ1v) is 14.7. The summed E-state index contributed by atoms with van der Waals surface area (Å²) in [6, 6.07) is 7.88. The van der Waals surface area contributed by atoms with E-state index in [-0.39, 0.29) is 61.4 Å². The van der Waals surface area contributed by atoms with E-state index in [1.165, 1.54) is 10.4 Å². The molecule has 7 nitrogen and oxygen atoms in total. The van der Waals surface area contributed by atoms with Crippen molar-refractivity contribution in [3.63, 3.8) is 0 Å². The van der Waals surface area contributed by atoms with Crippen LogP contribution in [0.2, 0.25) is 15.1 Å². The Balaban J connectivity index is 1.50. The van der Waals surface area contributed by atoms with Crippen molar-refractivity contribution >= 4 is 50.9 Å². The van der Waals surface area contributed by atoms with E-state index >= 15 is 0 Å². The van der Waals surface area contributed by atoms with Crippen LogP contribution in [0.4, 0.5) is 18.0 Å². The molecule has 0 saturated carbocycles. The van der Waals surface area contributed by atoms with Crippen LogP contribution in [0.25, 0.3) is 0 Å². The molecule has 2 amide bonds. The summed E-state index contributed by atoms with van der Waals surface area (Å²) in [6.07, 6.45) is -3.39. The number of amides is 2. The molecule has 2 aliphatic rings. The summed E-state index contributed by atoms with van der Waals surface area (Å²) in [5.74, 6) is -0.319. The van der Waals surface area contributed by atoms with E-state index in [4.69, 9.17) is 39.5 Å². The second-order valence-electron chi connectivity index (χ2n) is 9.33. The molecule has 0 unspecified atom stereocenters. The van der Waals surface area contributed by atoms with E-state index in [0.717, 1.165) is 24.0 Å². The second kappa shape index (κ2) is 11.3. The van der Waals surface area contributed by atoms with E-state index in [1.54, 1.807) is 21.9 Å². The van der Waals surface area contributed by atoms with Crippen LogP contribution in [0.15, 0.2) is 36.4 Å². The van der Waals surface area contributed by atoms with E-state index in [1.807, 2.05) is 6.07 Å². The number of carbonyl (C=O) groups is 1. The highest BCUT2D eigenvalue weighted by Crippen LogP contribution is 2.38. The molecule has 2 fully saturated rings. The van der Waals surface area contributed by atoms with Crippen LogP contribution in [0.1, 0.15) is 17.0 Å². The largest absolute Gasteiger partial charge is 0.492 e. The van der Waals surface area contributed by atoms with E-state index < -0.39 is 21.8 Å². The molecule has 2 aromatic rings. The summed E-state index contributed by atoms with van der Waals surface area (Å²) in [7, 11) is -3.33. The summed E-state index contributed by atoms with van der Waals surface area (Å²) in [4.78, 5) is 16.6. The van der Waals surface area contributed by atoms with Gasteiger partial charge in [-0.25, -0.2) is 13.2 Å². The average Bonchev–Trinajstić information content (AvgIpc) is 3.27. The van der Waals surface area contributed by atoms with Crippen molar-refractivity contribution in [1.82, 2.24) is 14.1 Å². The maximum absolute atomic E-state index is 13.3. The molecule has 38 heavy (non-hydrogen) atoms. The van der Waals surface area contributed by atoms with Crippen molar-refractivity contribution in [2.45, 2.75) is 12.1 Å². The maximum atomic E-state index is 13.3. The summed E-state index contributed by atoms with van der Waals surface area (Å²) >= 11 is 18.4. The number of hydrogen-bond donors (Lipinski definition) is 0. The summed E-state index contributed by atoms with van der Waals surface area (Å²) in [6.45, 7) is 1.71. The lowest BCUT2D eigenvalue weighted by molar-refractivity contribution is -0.137. The zero-order valence-corrected chi connectivity index (χ0v) is 23.3. The number of urea groups is 1. The molecule has 2 heterocycles. The molecule has 2 aliphatic heterocycles. The summed E-state index contributed by atoms with van der Waals surface area (Å²) in [5.41, 5.74) is -0.0409. The van der Waals surface area contributed by atoms with Gasteiger partial charge in [0.1, 0.15) is 5.75 Å². The zero-order chi connectivity index (χ0) is 27.8. The van der Waals surface area contributed by atoms with E-state index in [2.05, 4.69) is 0 Å². The summed E-state index contributed by atoms with van der Waals surface area (Å²) in [5, 5.41) is 0.575. The highest BCUT2D eigenvalue weighted by molar-refractivity contribution is 7.88. The first-order chi connectivity index (χ1) is 17.7. The van der Waals surface area contributed by atoms with Crippen molar-refractivity contribution in [3.8, 4) is 5.75 Å². The Morgan fingerprint density at radius 1 is 0.947 bits per heavy atom. The highest BCUT2D eigenvalue weighted by atomic mass is 35.5. The van der Waals surface area contributed by atoms with Crippen LogP contribution < -0.4 is 4.74 Å². The Hall–Kier alpha value is -1.92. The van der Waals surface area contributed by atoms with Gasteiger partial charge in [-0.15, -0.1) is 0 Å². The fourth-order valence-corrected chi connectivity index (χ4v) is 6.09. The number of carbonyl (C=O) groups excluding carboxylic acids is 1. The lowest BCUT2D eigenvalue weighted by Crippen LogP contribution is -2.53. The first-order valence-electron chi connectivity index (χ1n) is 11.7. The standard InChI is InChI=1S/C24H25Cl3F3N3O4S/c1-38(35,36)33-8-6-31(7-9-33)23(34)32-12-16(18(13-32)15-2-4-19(25)20(26)10-15)14-37-22-5-3-17(11-21(22)27)24(28,29)30/h2-5,10-11,16,18H,6-9,12-14H2,1H3/t16-,18+/m0/s1. The second-order valence-corrected chi connectivity index (χ2v) is 12.5. The van der Waals surface area contributed by atoms with Crippen LogP contribution >= 0.6 is 34.8 Å². The van der Waals surface area contributed by atoms with Crippen LogP contribution in [0.5, 0.6) is 5.75 Å². The van der Waals surface area contributed by atoms with Crippen molar-refractivity contribution < 1.29 is 31.1 Å². The number of alkyl halides is 3. The molecule has 2 saturated heterocycles. The Bertz CT molecular complexity index is 1300. The Kier molecular flexibility index (Phi) is 8.64. The number of rotatable bonds is 5. The minimum atomic E-state index is -4.53. The number of hydrogen-bond acceptors (Lipinski definition) is 4. The third kappa shape index (κ3) is 6.62. The molecule has 0 spiro atoms. The van der Waals surface area contributed by atoms with Crippen molar-refractivity contribution in [2.75, 3.05) is 52.1 Å². The number of sulfonamides is 1. The van der Waals surface area contributed by atoms with Gasteiger partial charge in [0.2, 0.25) is 10.0 Å². The normalized spacial score (nSPS) is 21.1. The molecule has 14 heteroatoms. The Morgan fingerprint density at radius 2 is 1.63 bits per heavy atom. The molecule has 4 rings (SSSR count). The Morgan fingerprint density at radius 3 is 2.21 bits per heavy atom. The van der Waals surface area contributed by atoms with Crippen molar-refractivity contribution in [1.29, 1.82) is 0 Å². The third-order valence-electron chi connectivity index (χ3n) is 6.77. The van der Waals surface area contributed by atoms with Crippen LogP contribution in [0.3, 0.4) is 0 Å². The molecule has 0 radical (unpaired) electrons. The molecule has 0 aliphatic carbocycles. The Labute approximate surface area is 234 Å². The van der Waals surface area contributed by atoms with Gasteiger partial charge in [0.25, 0.3) is 0 Å². The maximum Gasteiger partial charge on any atom is 0.416 e. The van der Waals surface area contributed by atoms with Gasteiger partial charge >= 0.3 is 12.2 Å². The van der Waals surface area contributed by atoms with Crippen LogP contribution in [0, 0.1) is 5.92 Å². The van der Waals surface area contributed by atoms with Gasteiger partial charge in [-0.05, 0) is 35.9 Å². The topological polar surface area (TPSA) is 70.2 Å². The minimum Gasteiger partial charge on any atom is -0.492 e. The predicted octanol–water partition coefficient (Wildman–Crippen LogP) is 5.46. The average molecular weight is 615 g/mol. The summed E-state index contributed by atoms with van der Waals surface area (Å²) < 4.78 is 69.8. The third-order valence-corrected chi connectivity index (χ3v) is 9.11. The fraction of sp³-hybridized carbons (Fsp3) is 0.458. The quantitative estimate of drug-likeness (QED) is 0.449. The monoisotopic (exact) mass is 613 g/mol. The minimum absolute atomic E-state index is 0.0850. The van der Waals surface area contributed by atoms with Crippen molar-refractivity contribution in [2.24, 2.45) is 5.92 Å².